The molecule has 0 bridgehead atoms. The number of alkyl halides is 3. The predicted molar refractivity (Wildman–Crippen MR) is 173 cm³/mol. The van der Waals surface area contributed by atoms with E-state index in [1.54, 1.807) is 30.3 Å². The van der Waals surface area contributed by atoms with Gasteiger partial charge in [0.1, 0.15) is 16.5 Å². The quantitative estimate of drug-likeness (QED) is 0.163. The largest absolute Gasteiger partial charge is 0.435 e. The third-order valence-corrected chi connectivity index (χ3v) is 9.34. The van der Waals surface area contributed by atoms with Crippen LogP contribution in [0.1, 0.15) is 46.1 Å². The number of hydrogen-bond acceptors (Lipinski definition) is 8. The van der Waals surface area contributed by atoms with Gasteiger partial charge in [-0.15, -0.1) is 0 Å². The first-order chi connectivity index (χ1) is 22.1. The number of nitrogens with one attached hydrogen (secondary N) is 3. The molecule has 1 amide bonds. The summed E-state index contributed by atoms with van der Waals surface area (Å²) in [6.45, 7) is 6.45. The van der Waals surface area contributed by atoms with Gasteiger partial charge in [0.15, 0.2) is 10.8 Å². The molecule has 0 spiro atoms. The molecule has 0 aliphatic carbocycles. The number of thiazole rings is 1. The molecule has 0 unspecified atom stereocenters. The number of para-hydroxylation sites is 1. The van der Waals surface area contributed by atoms with E-state index in [2.05, 4.69) is 44.6 Å². The SMILES string of the molecule is C=C(Nc1ccccc1F)N1CC[C@H](Nc2ccc(NC(=O)c3sc(N4CCC(c5ccccc5)CC4)nc3C(F)(F)F)cn2)C1. The van der Waals surface area contributed by atoms with Gasteiger partial charge in [0.2, 0.25) is 0 Å². The molecule has 2 fully saturated rings. The lowest BCUT2D eigenvalue weighted by Gasteiger charge is -2.32. The molecular weight excluding hydrogens is 618 g/mol. The van der Waals surface area contributed by atoms with Gasteiger partial charge in [0.05, 0.1) is 23.4 Å². The standard InChI is InChI=1S/C33H33F4N7OS/c1-21(39-27-10-6-5-9-26(27)34)44-18-15-25(20-44)40-28-12-11-24(19-38-28)41-31(45)29-30(33(35,36)37)42-32(46-29)43-16-13-23(14-17-43)22-7-3-2-4-8-22/h2-12,19,23,25,39H,1,13-18,20H2,(H,38,40)(H,41,45)/t25-/m0/s1. The number of carbonyl (C=O) groups is 1. The van der Waals surface area contributed by atoms with Crippen LogP contribution in [-0.4, -0.2) is 53.0 Å². The van der Waals surface area contributed by atoms with Crippen LogP contribution in [0.3, 0.4) is 0 Å². The minimum Gasteiger partial charge on any atom is -0.365 e. The van der Waals surface area contributed by atoms with Crippen LogP contribution < -0.4 is 20.9 Å². The monoisotopic (exact) mass is 651 g/mol. The predicted octanol–water partition coefficient (Wildman–Crippen LogP) is 7.40. The van der Waals surface area contributed by atoms with E-state index in [-0.39, 0.29) is 22.7 Å². The lowest BCUT2D eigenvalue weighted by molar-refractivity contribution is -0.141. The number of nitrogens with zero attached hydrogens (tertiary/aromatic N) is 4. The van der Waals surface area contributed by atoms with Crippen molar-refractivity contribution in [2.24, 2.45) is 0 Å². The van der Waals surface area contributed by atoms with E-state index in [1.165, 1.54) is 17.8 Å². The third-order valence-electron chi connectivity index (χ3n) is 8.22. The van der Waals surface area contributed by atoms with Crippen molar-refractivity contribution in [3.05, 3.63) is 107 Å². The molecule has 46 heavy (non-hydrogen) atoms. The normalized spacial score (nSPS) is 17.2. The molecule has 1 atom stereocenters. The van der Waals surface area contributed by atoms with Crippen molar-refractivity contribution in [3.63, 3.8) is 0 Å². The van der Waals surface area contributed by atoms with Crippen LogP contribution in [0, 0.1) is 5.82 Å². The van der Waals surface area contributed by atoms with Gasteiger partial charge in [-0.25, -0.2) is 14.4 Å². The zero-order valence-corrected chi connectivity index (χ0v) is 25.7. The van der Waals surface area contributed by atoms with Gasteiger partial charge in [-0.1, -0.05) is 60.4 Å². The highest BCUT2D eigenvalue weighted by molar-refractivity contribution is 7.17. The summed E-state index contributed by atoms with van der Waals surface area (Å²) in [5.74, 6) is 0.222. The maximum absolute atomic E-state index is 14.0. The van der Waals surface area contributed by atoms with Crippen LogP contribution in [0.2, 0.25) is 0 Å². The molecule has 3 N–H and O–H groups in total. The fraction of sp³-hybridized carbons (Fsp3) is 0.303. The molecule has 4 heterocycles. The van der Waals surface area contributed by atoms with Crippen molar-refractivity contribution in [1.29, 1.82) is 0 Å². The number of aromatic nitrogens is 2. The van der Waals surface area contributed by atoms with E-state index in [9.17, 15) is 22.4 Å². The maximum Gasteiger partial charge on any atom is 0.435 e. The van der Waals surface area contributed by atoms with E-state index in [0.29, 0.717) is 49.4 Å². The minimum atomic E-state index is -4.78. The first kappa shape index (κ1) is 31.3. The zero-order valence-electron chi connectivity index (χ0n) is 24.9. The van der Waals surface area contributed by atoms with Crippen LogP contribution in [-0.2, 0) is 6.18 Å². The number of rotatable bonds is 9. The summed E-state index contributed by atoms with van der Waals surface area (Å²) in [4.78, 5) is 24.7. The summed E-state index contributed by atoms with van der Waals surface area (Å²) in [6.07, 6.45) is -1.01. The summed E-state index contributed by atoms with van der Waals surface area (Å²) in [7, 11) is 0. The molecule has 2 aromatic heterocycles. The second-order valence-electron chi connectivity index (χ2n) is 11.4. The van der Waals surface area contributed by atoms with Crippen molar-refractivity contribution in [1.82, 2.24) is 14.9 Å². The van der Waals surface area contributed by atoms with Crippen molar-refractivity contribution in [3.8, 4) is 0 Å². The molecule has 2 aliphatic rings. The maximum atomic E-state index is 14.0. The van der Waals surface area contributed by atoms with E-state index in [0.717, 1.165) is 30.6 Å². The van der Waals surface area contributed by atoms with Gasteiger partial charge in [0.25, 0.3) is 5.91 Å². The van der Waals surface area contributed by atoms with Crippen molar-refractivity contribution >= 4 is 39.6 Å². The summed E-state index contributed by atoms with van der Waals surface area (Å²) < 4.78 is 55.9. The van der Waals surface area contributed by atoms with Gasteiger partial charge >= 0.3 is 6.18 Å². The number of hydrogen-bond donors (Lipinski definition) is 3. The van der Waals surface area contributed by atoms with Crippen LogP contribution >= 0.6 is 11.3 Å². The first-order valence-electron chi connectivity index (χ1n) is 15.0. The Morgan fingerprint density at radius 3 is 2.37 bits per heavy atom. The highest BCUT2D eigenvalue weighted by atomic mass is 32.1. The molecule has 8 nitrogen and oxygen atoms in total. The first-order valence-corrected chi connectivity index (χ1v) is 15.8. The number of anilines is 4. The minimum absolute atomic E-state index is 0.0369. The molecule has 0 radical (unpaired) electrons. The molecule has 240 valence electrons. The Balaban J connectivity index is 1.05. The number of halogens is 4. The Hall–Kier alpha value is -4.65. The van der Waals surface area contributed by atoms with Gasteiger partial charge < -0.3 is 25.8 Å². The summed E-state index contributed by atoms with van der Waals surface area (Å²) in [5.41, 5.74) is 0.650. The summed E-state index contributed by atoms with van der Waals surface area (Å²) >= 11 is 0.758. The average molecular weight is 652 g/mol. The van der Waals surface area contributed by atoms with Gasteiger partial charge in [-0.2, -0.15) is 13.2 Å². The molecule has 13 heteroatoms. The van der Waals surface area contributed by atoms with Crippen LogP contribution in [0.4, 0.5) is 39.9 Å². The molecule has 2 saturated heterocycles. The lowest BCUT2D eigenvalue weighted by Crippen LogP contribution is -2.32. The Labute approximate surface area is 268 Å². The fourth-order valence-electron chi connectivity index (χ4n) is 5.79. The Morgan fingerprint density at radius 1 is 0.935 bits per heavy atom. The number of carbonyl (C=O) groups excluding carboxylic acids is 1. The number of pyridine rings is 1. The highest BCUT2D eigenvalue weighted by Crippen LogP contribution is 2.39. The average Bonchev–Trinajstić information content (AvgIpc) is 3.72. The van der Waals surface area contributed by atoms with Crippen molar-refractivity contribution in [2.75, 3.05) is 47.0 Å². The molecule has 2 aliphatic heterocycles. The highest BCUT2D eigenvalue weighted by Gasteiger charge is 2.40. The molecule has 6 rings (SSSR count). The van der Waals surface area contributed by atoms with Gasteiger partial charge in [-0.05, 0) is 55.0 Å². The van der Waals surface area contributed by atoms with Crippen LogP contribution in [0.15, 0.2) is 85.3 Å². The van der Waals surface area contributed by atoms with E-state index in [4.69, 9.17) is 0 Å². The summed E-state index contributed by atoms with van der Waals surface area (Å²) in [5, 5.41) is 9.08. The topological polar surface area (TPSA) is 85.4 Å². The Kier molecular flexibility index (Phi) is 9.11. The van der Waals surface area contributed by atoms with E-state index >= 15 is 0 Å². The van der Waals surface area contributed by atoms with Crippen LogP contribution in [0.5, 0.6) is 0 Å². The third kappa shape index (κ3) is 7.25. The van der Waals surface area contributed by atoms with Gasteiger partial charge in [-0.3, -0.25) is 4.79 Å². The number of amides is 1. The fourth-order valence-corrected chi connectivity index (χ4v) is 6.82. The zero-order chi connectivity index (χ0) is 32.3. The number of likely N-dealkylation sites (tertiary alicyclic amines) is 1. The molecular formula is C33H33F4N7OS. The number of benzene rings is 2. The molecule has 0 saturated carbocycles. The Morgan fingerprint density at radius 2 is 1.67 bits per heavy atom. The number of piperidine rings is 1. The summed E-state index contributed by atoms with van der Waals surface area (Å²) in [6, 6.07) is 19.7. The molecule has 2 aromatic carbocycles. The van der Waals surface area contributed by atoms with E-state index in [1.807, 2.05) is 28.0 Å². The van der Waals surface area contributed by atoms with Crippen molar-refractivity contribution < 1.29 is 22.4 Å². The van der Waals surface area contributed by atoms with E-state index < -0.39 is 22.7 Å². The second-order valence-corrected chi connectivity index (χ2v) is 12.3. The molecule has 4 aromatic rings. The lowest BCUT2D eigenvalue weighted by atomic mass is 9.90. The van der Waals surface area contributed by atoms with Crippen LogP contribution in [0.25, 0.3) is 0 Å². The Bertz CT molecular complexity index is 1670. The second kappa shape index (κ2) is 13.4. The van der Waals surface area contributed by atoms with Gasteiger partial charge in [0, 0.05) is 32.2 Å². The van der Waals surface area contributed by atoms with Crippen molar-refractivity contribution in [2.45, 2.75) is 37.4 Å². The smallest absolute Gasteiger partial charge is 0.365 e.